The highest BCUT2D eigenvalue weighted by molar-refractivity contribution is 6.08. The summed E-state index contributed by atoms with van der Waals surface area (Å²) in [4.78, 5) is 21.8. The highest BCUT2D eigenvalue weighted by atomic mass is 19.1. The SMILES string of the molecule is CCOC(=O)c1c(N)n(CCc2ccc(F)cc2)c2nc3ccccc3nc12. The summed E-state index contributed by atoms with van der Waals surface area (Å²) in [5, 5.41) is 0. The number of aryl methyl sites for hydroxylation is 2. The molecule has 4 aromatic rings. The number of benzene rings is 2. The highest BCUT2D eigenvalue weighted by Gasteiger charge is 2.24. The Morgan fingerprint density at radius 1 is 1.11 bits per heavy atom. The van der Waals surface area contributed by atoms with Gasteiger partial charge in [-0.2, -0.15) is 0 Å². The smallest absolute Gasteiger partial charge is 0.344 e. The van der Waals surface area contributed by atoms with Crippen LogP contribution in [0.2, 0.25) is 0 Å². The molecule has 2 heterocycles. The number of hydrogen-bond donors (Lipinski definition) is 1. The summed E-state index contributed by atoms with van der Waals surface area (Å²) in [7, 11) is 0. The van der Waals surface area contributed by atoms with Gasteiger partial charge in [0.15, 0.2) is 5.65 Å². The zero-order valence-corrected chi connectivity index (χ0v) is 15.4. The molecule has 0 aliphatic heterocycles. The quantitative estimate of drug-likeness (QED) is 0.535. The van der Waals surface area contributed by atoms with Gasteiger partial charge in [-0.3, -0.25) is 0 Å². The van der Waals surface area contributed by atoms with Crippen molar-refractivity contribution >= 4 is 34.0 Å². The number of carbonyl (C=O) groups excluding carboxylic acids is 1. The van der Waals surface area contributed by atoms with Crippen LogP contribution in [-0.2, 0) is 17.7 Å². The van der Waals surface area contributed by atoms with E-state index in [9.17, 15) is 9.18 Å². The summed E-state index contributed by atoms with van der Waals surface area (Å²) in [6, 6.07) is 13.7. The van der Waals surface area contributed by atoms with Crippen LogP contribution in [0.25, 0.3) is 22.2 Å². The molecule has 0 aliphatic rings. The Labute approximate surface area is 160 Å². The normalized spacial score (nSPS) is 11.2. The molecule has 0 atom stereocenters. The van der Waals surface area contributed by atoms with Gasteiger partial charge in [0.2, 0.25) is 0 Å². The molecule has 0 fully saturated rings. The lowest BCUT2D eigenvalue weighted by Crippen LogP contribution is -2.10. The number of nitrogen functional groups attached to an aromatic ring is 1. The molecule has 142 valence electrons. The van der Waals surface area contributed by atoms with E-state index in [0.717, 1.165) is 5.56 Å². The van der Waals surface area contributed by atoms with Gasteiger partial charge in [0.1, 0.15) is 22.7 Å². The van der Waals surface area contributed by atoms with Crippen LogP contribution in [0.15, 0.2) is 48.5 Å². The number of nitrogens with two attached hydrogens (primary N) is 1. The third kappa shape index (κ3) is 3.15. The summed E-state index contributed by atoms with van der Waals surface area (Å²) in [5.74, 6) is -0.530. The van der Waals surface area contributed by atoms with Gasteiger partial charge in [0.25, 0.3) is 0 Å². The average molecular weight is 378 g/mol. The summed E-state index contributed by atoms with van der Waals surface area (Å²) in [6.07, 6.45) is 0.602. The molecule has 0 unspecified atom stereocenters. The molecule has 0 spiro atoms. The number of ether oxygens (including phenoxy) is 1. The molecular formula is C21H19FN4O2. The third-order valence-corrected chi connectivity index (χ3v) is 4.61. The van der Waals surface area contributed by atoms with Crippen LogP contribution < -0.4 is 5.73 Å². The van der Waals surface area contributed by atoms with Crippen LogP contribution in [-0.4, -0.2) is 27.1 Å². The molecule has 6 nitrogen and oxygen atoms in total. The molecule has 2 aromatic carbocycles. The van der Waals surface area contributed by atoms with E-state index in [4.69, 9.17) is 10.5 Å². The Hall–Kier alpha value is -3.48. The molecule has 0 amide bonds. The number of aromatic nitrogens is 3. The third-order valence-electron chi connectivity index (χ3n) is 4.61. The van der Waals surface area contributed by atoms with E-state index in [0.29, 0.717) is 35.2 Å². The molecule has 0 saturated carbocycles. The Bertz CT molecular complexity index is 1170. The van der Waals surface area contributed by atoms with Crippen LogP contribution in [0.5, 0.6) is 0 Å². The first-order valence-corrected chi connectivity index (χ1v) is 9.04. The van der Waals surface area contributed by atoms with Crippen molar-refractivity contribution < 1.29 is 13.9 Å². The molecule has 2 N–H and O–H groups in total. The minimum Gasteiger partial charge on any atom is -0.462 e. The summed E-state index contributed by atoms with van der Waals surface area (Å²) in [5.41, 5.74) is 9.85. The van der Waals surface area contributed by atoms with E-state index in [1.165, 1.54) is 12.1 Å². The molecule has 0 saturated heterocycles. The first-order chi connectivity index (χ1) is 13.6. The van der Waals surface area contributed by atoms with E-state index < -0.39 is 5.97 Å². The van der Waals surface area contributed by atoms with Crippen LogP contribution in [0.3, 0.4) is 0 Å². The predicted molar refractivity (Wildman–Crippen MR) is 106 cm³/mol. The maximum Gasteiger partial charge on any atom is 0.344 e. The highest BCUT2D eigenvalue weighted by Crippen LogP contribution is 2.28. The lowest BCUT2D eigenvalue weighted by Gasteiger charge is -2.08. The van der Waals surface area contributed by atoms with E-state index in [-0.39, 0.29) is 23.8 Å². The lowest BCUT2D eigenvalue weighted by atomic mass is 10.1. The van der Waals surface area contributed by atoms with Crippen LogP contribution in [0, 0.1) is 5.82 Å². The van der Waals surface area contributed by atoms with E-state index in [1.807, 2.05) is 24.3 Å². The molecule has 28 heavy (non-hydrogen) atoms. The second-order valence-electron chi connectivity index (χ2n) is 6.39. The molecule has 7 heteroatoms. The van der Waals surface area contributed by atoms with E-state index in [1.54, 1.807) is 23.6 Å². The van der Waals surface area contributed by atoms with Gasteiger partial charge in [-0.05, 0) is 43.2 Å². The Kier molecular flexibility index (Phi) is 4.65. The number of hydrogen-bond acceptors (Lipinski definition) is 5. The first kappa shape index (κ1) is 17.9. The van der Waals surface area contributed by atoms with E-state index >= 15 is 0 Å². The van der Waals surface area contributed by atoms with Crippen molar-refractivity contribution in [2.24, 2.45) is 0 Å². The van der Waals surface area contributed by atoms with Crippen molar-refractivity contribution in [1.82, 2.24) is 14.5 Å². The summed E-state index contributed by atoms with van der Waals surface area (Å²) < 4.78 is 20.1. The number of rotatable bonds is 5. The second kappa shape index (κ2) is 7.26. The summed E-state index contributed by atoms with van der Waals surface area (Å²) in [6.45, 7) is 2.45. The largest absolute Gasteiger partial charge is 0.462 e. The fourth-order valence-electron chi connectivity index (χ4n) is 3.24. The fraction of sp³-hybridized carbons (Fsp3) is 0.190. The average Bonchev–Trinajstić information content (AvgIpc) is 2.96. The van der Waals surface area contributed by atoms with Crippen molar-refractivity contribution in [3.63, 3.8) is 0 Å². The van der Waals surface area contributed by atoms with Crippen molar-refractivity contribution in [3.05, 3.63) is 65.5 Å². The molecule has 4 rings (SSSR count). The van der Waals surface area contributed by atoms with Crippen LogP contribution in [0.1, 0.15) is 22.8 Å². The van der Waals surface area contributed by atoms with Gasteiger partial charge in [0.05, 0.1) is 17.6 Å². The number of halogens is 1. The molecule has 0 radical (unpaired) electrons. The maximum atomic E-state index is 13.1. The molecule has 2 aromatic heterocycles. The lowest BCUT2D eigenvalue weighted by molar-refractivity contribution is 0.0529. The van der Waals surface area contributed by atoms with E-state index in [2.05, 4.69) is 9.97 Å². The minimum atomic E-state index is -0.518. The number of anilines is 1. The monoisotopic (exact) mass is 378 g/mol. The van der Waals surface area contributed by atoms with Gasteiger partial charge in [-0.15, -0.1) is 0 Å². The predicted octanol–water partition coefficient (Wildman–Crippen LogP) is 3.73. The second-order valence-corrected chi connectivity index (χ2v) is 6.39. The first-order valence-electron chi connectivity index (χ1n) is 9.04. The Morgan fingerprint density at radius 3 is 2.46 bits per heavy atom. The minimum absolute atomic E-state index is 0.231. The fourth-order valence-corrected chi connectivity index (χ4v) is 3.24. The summed E-state index contributed by atoms with van der Waals surface area (Å²) >= 11 is 0. The number of nitrogens with zero attached hydrogens (tertiary/aromatic N) is 3. The molecule has 0 bridgehead atoms. The Balaban J connectivity index is 1.83. The van der Waals surface area contributed by atoms with Crippen molar-refractivity contribution in [2.45, 2.75) is 19.9 Å². The number of esters is 1. The van der Waals surface area contributed by atoms with Crippen molar-refractivity contribution in [2.75, 3.05) is 12.3 Å². The molecule has 0 aliphatic carbocycles. The standard InChI is InChI=1S/C21H19FN4O2/c1-2-28-21(27)17-18-20(25-16-6-4-3-5-15(16)24-18)26(19(17)23)12-11-13-7-9-14(22)10-8-13/h3-10H,2,11-12,23H2,1H3. The van der Waals surface area contributed by atoms with Gasteiger partial charge < -0.3 is 15.0 Å². The van der Waals surface area contributed by atoms with Crippen LogP contribution in [0.4, 0.5) is 10.2 Å². The topological polar surface area (TPSA) is 83.0 Å². The van der Waals surface area contributed by atoms with Gasteiger partial charge in [0, 0.05) is 6.54 Å². The maximum absolute atomic E-state index is 13.1. The Morgan fingerprint density at radius 2 is 1.79 bits per heavy atom. The van der Waals surface area contributed by atoms with Crippen molar-refractivity contribution in [3.8, 4) is 0 Å². The molecular weight excluding hydrogens is 359 g/mol. The van der Waals surface area contributed by atoms with Crippen LogP contribution >= 0.6 is 0 Å². The number of fused-ring (bicyclic) bond motifs is 2. The number of carbonyl (C=O) groups is 1. The van der Waals surface area contributed by atoms with Gasteiger partial charge in [-0.1, -0.05) is 24.3 Å². The van der Waals surface area contributed by atoms with Gasteiger partial charge >= 0.3 is 5.97 Å². The van der Waals surface area contributed by atoms with Gasteiger partial charge in [-0.25, -0.2) is 19.2 Å². The zero-order chi connectivity index (χ0) is 19.7. The zero-order valence-electron chi connectivity index (χ0n) is 15.4. The number of para-hydroxylation sites is 2. The van der Waals surface area contributed by atoms with Crippen molar-refractivity contribution in [1.29, 1.82) is 0 Å².